The summed E-state index contributed by atoms with van der Waals surface area (Å²) in [5, 5.41) is 3.26. The van der Waals surface area contributed by atoms with Crippen molar-refractivity contribution in [1.29, 1.82) is 0 Å². The van der Waals surface area contributed by atoms with E-state index in [2.05, 4.69) is 5.32 Å². The van der Waals surface area contributed by atoms with Crippen LogP contribution in [0.4, 0.5) is 0 Å². The second kappa shape index (κ2) is 6.98. The van der Waals surface area contributed by atoms with Crippen LogP contribution in [-0.2, 0) is 14.8 Å². The second-order valence-electron chi connectivity index (χ2n) is 6.07. The van der Waals surface area contributed by atoms with Gasteiger partial charge < -0.3 is 10.2 Å². The first kappa shape index (κ1) is 16.4. The lowest BCUT2D eigenvalue weighted by Gasteiger charge is -2.36. The van der Waals surface area contributed by atoms with Crippen LogP contribution in [-0.4, -0.2) is 62.8 Å². The Labute approximate surface area is 137 Å². The van der Waals surface area contributed by atoms with Crippen LogP contribution in [0.3, 0.4) is 0 Å². The van der Waals surface area contributed by atoms with Crippen LogP contribution in [0.5, 0.6) is 0 Å². The van der Waals surface area contributed by atoms with Crippen LogP contribution < -0.4 is 5.32 Å². The maximum Gasteiger partial charge on any atom is 0.243 e. The average Bonchev–Trinajstić information content (AvgIpc) is 2.63. The number of nitrogens with one attached hydrogen (secondary N) is 1. The van der Waals surface area contributed by atoms with Gasteiger partial charge in [0.25, 0.3) is 0 Å². The van der Waals surface area contributed by atoms with Crippen LogP contribution in [0.25, 0.3) is 0 Å². The third kappa shape index (κ3) is 3.57. The van der Waals surface area contributed by atoms with E-state index >= 15 is 0 Å². The number of piperazine rings is 1. The number of rotatable bonds is 3. The summed E-state index contributed by atoms with van der Waals surface area (Å²) in [7, 11) is -3.45. The molecule has 6 nitrogen and oxygen atoms in total. The molecular weight excluding hydrogens is 314 g/mol. The van der Waals surface area contributed by atoms with E-state index in [9.17, 15) is 13.2 Å². The van der Waals surface area contributed by atoms with Gasteiger partial charge in [-0.2, -0.15) is 4.31 Å². The third-order valence-electron chi connectivity index (χ3n) is 4.62. The number of amides is 1. The van der Waals surface area contributed by atoms with Crippen molar-refractivity contribution in [2.24, 2.45) is 5.92 Å². The number of nitrogens with zero attached hydrogens (tertiary/aromatic N) is 2. The predicted molar refractivity (Wildman–Crippen MR) is 87.4 cm³/mol. The summed E-state index contributed by atoms with van der Waals surface area (Å²) in [5.41, 5.74) is 0. The molecule has 0 aromatic heterocycles. The third-order valence-corrected chi connectivity index (χ3v) is 6.53. The van der Waals surface area contributed by atoms with Gasteiger partial charge in [0, 0.05) is 32.1 Å². The summed E-state index contributed by atoms with van der Waals surface area (Å²) in [6, 6.07) is 8.48. The summed E-state index contributed by atoms with van der Waals surface area (Å²) in [5.74, 6) is 0.275. The molecule has 1 aromatic carbocycles. The number of piperidine rings is 1. The number of benzene rings is 1. The number of carbonyl (C=O) groups excluding carboxylic acids is 1. The minimum atomic E-state index is -3.45. The van der Waals surface area contributed by atoms with Gasteiger partial charge in [0.2, 0.25) is 15.9 Å². The highest BCUT2D eigenvalue weighted by atomic mass is 32.2. The van der Waals surface area contributed by atoms with Gasteiger partial charge in [0.05, 0.1) is 4.90 Å². The molecule has 0 unspecified atom stereocenters. The summed E-state index contributed by atoms with van der Waals surface area (Å²) in [4.78, 5) is 14.7. The standard InChI is InChI=1S/C16H23N3O3S/c20-16(14-6-8-17-9-7-14)18-10-12-19(13-11-18)23(21,22)15-4-2-1-3-5-15/h1-5,14,17H,6-13H2. The Kier molecular flexibility index (Phi) is 4.99. The van der Waals surface area contributed by atoms with Crippen LogP contribution >= 0.6 is 0 Å². The summed E-state index contributed by atoms with van der Waals surface area (Å²) < 4.78 is 26.6. The zero-order valence-corrected chi connectivity index (χ0v) is 14.0. The van der Waals surface area contributed by atoms with Gasteiger partial charge in [0.1, 0.15) is 0 Å². The zero-order chi connectivity index (χ0) is 16.3. The highest BCUT2D eigenvalue weighted by Gasteiger charge is 2.32. The molecule has 3 rings (SSSR count). The van der Waals surface area contributed by atoms with Crippen molar-refractivity contribution >= 4 is 15.9 Å². The van der Waals surface area contributed by atoms with Gasteiger partial charge in [-0.1, -0.05) is 18.2 Å². The van der Waals surface area contributed by atoms with E-state index in [-0.39, 0.29) is 11.8 Å². The Balaban J connectivity index is 1.61. The van der Waals surface area contributed by atoms with Gasteiger partial charge in [-0.05, 0) is 38.1 Å². The normalized spacial score (nSPS) is 21.3. The highest BCUT2D eigenvalue weighted by molar-refractivity contribution is 7.89. The molecule has 2 saturated heterocycles. The molecule has 1 aromatic rings. The molecule has 23 heavy (non-hydrogen) atoms. The lowest BCUT2D eigenvalue weighted by molar-refractivity contribution is -0.137. The molecule has 2 aliphatic rings. The van der Waals surface area contributed by atoms with Crippen molar-refractivity contribution in [3.8, 4) is 0 Å². The number of hydrogen-bond acceptors (Lipinski definition) is 4. The number of carbonyl (C=O) groups is 1. The van der Waals surface area contributed by atoms with Crippen molar-refractivity contribution < 1.29 is 13.2 Å². The van der Waals surface area contributed by atoms with Crippen LogP contribution in [0.1, 0.15) is 12.8 Å². The Morgan fingerprint density at radius 1 is 1.00 bits per heavy atom. The molecule has 0 saturated carbocycles. The van der Waals surface area contributed by atoms with Crippen molar-refractivity contribution in [3.63, 3.8) is 0 Å². The molecule has 0 atom stereocenters. The van der Waals surface area contributed by atoms with Crippen LogP contribution in [0.15, 0.2) is 35.2 Å². The first-order chi connectivity index (χ1) is 11.1. The topological polar surface area (TPSA) is 69.7 Å². The van der Waals surface area contributed by atoms with E-state index in [0.717, 1.165) is 25.9 Å². The monoisotopic (exact) mass is 337 g/mol. The average molecular weight is 337 g/mol. The molecular formula is C16H23N3O3S. The molecule has 2 aliphatic heterocycles. The molecule has 2 heterocycles. The number of hydrogen-bond donors (Lipinski definition) is 1. The minimum absolute atomic E-state index is 0.0912. The lowest BCUT2D eigenvalue weighted by Crippen LogP contribution is -2.52. The Morgan fingerprint density at radius 3 is 2.22 bits per heavy atom. The molecule has 126 valence electrons. The van der Waals surface area contributed by atoms with Crippen molar-refractivity contribution in [3.05, 3.63) is 30.3 Å². The van der Waals surface area contributed by atoms with E-state index in [1.165, 1.54) is 4.31 Å². The maximum atomic E-state index is 12.6. The fourth-order valence-electron chi connectivity index (χ4n) is 3.22. The second-order valence-corrected chi connectivity index (χ2v) is 8.00. The quantitative estimate of drug-likeness (QED) is 0.873. The molecule has 0 spiro atoms. The Morgan fingerprint density at radius 2 is 1.61 bits per heavy atom. The van der Waals surface area contributed by atoms with Gasteiger partial charge in [0.15, 0.2) is 0 Å². The Hall–Kier alpha value is -1.44. The maximum absolute atomic E-state index is 12.6. The highest BCUT2D eigenvalue weighted by Crippen LogP contribution is 2.20. The van der Waals surface area contributed by atoms with E-state index in [0.29, 0.717) is 31.1 Å². The lowest BCUT2D eigenvalue weighted by atomic mass is 9.96. The van der Waals surface area contributed by atoms with E-state index in [4.69, 9.17) is 0 Å². The summed E-state index contributed by atoms with van der Waals surface area (Å²) >= 11 is 0. The van der Waals surface area contributed by atoms with Gasteiger partial charge in [-0.25, -0.2) is 8.42 Å². The smallest absolute Gasteiger partial charge is 0.243 e. The fourth-order valence-corrected chi connectivity index (χ4v) is 4.66. The van der Waals surface area contributed by atoms with E-state index in [1.54, 1.807) is 30.3 Å². The zero-order valence-electron chi connectivity index (χ0n) is 13.1. The van der Waals surface area contributed by atoms with E-state index in [1.807, 2.05) is 4.90 Å². The van der Waals surface area contributed by atoms with Crippen molar-refractivity contribution in [1.82, 2.24) is 14.5 Å². The Bertz CT molecular complexity index is 634. The summed E-state index contributed by atoms with van der Waals surface area (Å²) in [6.45, 7) is 3.48. The first-order valence-corrected chi connectivity index (χ1v) is 9.58. The molecule has 0 bridgehead atoms. The summed E-state index contributed by atoms with van der Waals surface area (Å²) in [6.07, 6.45) is 1.75. The first-order valence-electron chi connectivity index (χ1n) is 8.14. The SMILES string of the molecule is O=C(C1CCNCC1)N1CCN(S(=O)(=O)c2ccccc2)CC1. The van der Waals surface area contributed by atoms with Crippen LogP contribution in [0.2, 0.25) is 0 Å². The largest absolute Gasteiger partial charge is 0.340 e. The van der Waals surface area contributed by atoms with E-state index < -0.39 is 10.0 Å². The van der Waals surface area contributed by atoms with Crippen molar-refractivity contribution in [2.75, 3.05) is 39.3 Å². The molecule has 7 heteroatoms. The predicted octanol–water partition coefficient (Wildman–Crippen LogP) is 0.519. The molecule has 0 aliphatic carbocycles. The molecule has 0 radical (unpaired) electrons. The van der Waals surface area contributed by atoms with Gasteiger partial charge >= 0.3 is 0 Å². The fraction of sp³-hybridized carbons (Fsp3) is 0.562. The van der Waals surface area contributed by atoms with Crippen molar-refractivity contribution in [2.45, 2.75) is 17.7 Å². The molecule has 1 amide bonds. The minimum Gasteiger partial charge on any atom is -0.340 e. The molecule has 1 N–H and O–H groups in total. The van der Waals surface area contributed by atoms with Crippen LogP contribution in [0, 0.1) is 5.92 Å². The molecule has 2 fully saturated rings. The van der Waals surface area contributed by atoms with Gasteiger partial charge in [-0.15, -0.1) is 0 Å². The number of sulfonamides is 1. The van der Waals surface area contributed by atoms with Gasteiger partial charge in [-0.3, -0.25) is 4.79 Å².